The van der Waals surface area contributed by atoms with E-state index in [0.29, 0.717) is 10.8 Å². The van der Waals surface area contributed by atoms with Gasteiger partial charge in [0, 0.05) is 35.9 Å². The number of hydrogen-bond acceptors (Lipinski definition) is 5. The van der Waals surface area contributed by atoms with Crippen molar-refractivity contribution in [2.45, 2.75) is 0 Å². The van der Waals surface area contributed by atoms with Gasteiger partial charge in [-0.05, 0) is 11.5 Å². The Balaban J connectivity index is 2.79. The Kier molecular flexibility index (Phi) is 3.71. The lowest BCUT2D eigenvalue weighted by atomic mass is 9.87. The fourth-order valence-electron chi connectivity index (χ4n) is 3.16. The molecule has 0 N–H and O–H groups in total. The molecule has 0 aromatic heterocycles. The van der Waals surface area contributed by atoms with Crippen LogP contribution < -0.4 is 4.90 Å². The standard InChI is InChI=1S/C20H11N5/c1-25(2)18-5-3-4-12-6-7-13-14(8-21)15(9-22)16(10-23)17(11-24)20(13)19(12)18/h3-7H,1-2H3. The molecule has 0 aliphatic carbocycles. The molecule has 3 aromatic carbocycles. The van der Waals surface area contributed by atoms with Crippen LogP contribution >= 0.6 is 0 Å². The third kappa shape index (κ3) is 2.13. The summed E-state index contributed by atoms with van der Waals surface area (Å²) in [5.41, 5.74) is 1.04. The van der Waals surface area contributed by atoms with E-state index in [9.17, 15) is 21.0 Å². The first kappa shape index (κ1) is 15.8. The Bertz CT molecular complexity index is 1210. The summed E-state index contributed by atoms with van der Waals surface area (Å²) < 4.78 is 0. The zero-order valence-electron chi connectivity index (χ0n) is 13.6. The number of anilines is 1. The molecule has 0 aliphatic rings. The van der Waals surface area contributed by atoms with E-state index in [-0.39, 0.29) is 22.3 Å². The van der Waals surface area contributed by atoms with E-state index in [4.69, 9.17) is 0 Å². The highest BCUT2D eigenvalue weighted by atomic mass is 15.1. The Morgan fingerprint density at radius 3 is 1.84 bits per heavy atom. The zero-order valence-corrected chi connectivity index (χ0v) is 13.6. The van der Waals surface area contributed by atoms with Gasteiger partial charge in [0.15, 0.2) is 0 Å². The molecule has 0 heterocycles. The van der Waals surface area contributed by atoms with Crippen LogP contribution in [0.5, 0.6) is 0 Å². The van der Waals surface area contributed by atoms with E-state index in [1.54, 1.807) is 6.07 Å². The van der Waals surface area contributed by atoms with Crippen molar-refractivity contribution in [1.82, 2.24) is 0 Å². The predicted molar refractivity (Wildman–Crippen MR) is 94.6 cm³/mol. The Labute approximate surface area is 144 Å². The van der Waals surface area contributed by atoms with Crippen molar-refractivity contribution in [3.05, 3.63) is 52.6 Å². The van der Waals surface area contributed by atoms with Crippen LogP contribution in [-0.4, -0.2) is 14.1 Å². The van der Waals surface area contributed by atoms with Crippen LogP contribution in [0, 0.1) is 45.3 Å². The molecule has 0 unspecified atom stereocenters. The summed E-state index contributed by atoms with van der Waals surface area (Å²) in [6.45, 7) is 0. The average molecular weight is 321 g/mol. The minimum atomic E-state index is -0.0462. The summed E-state index contributed by atoms with van der Waals surface area (Å²) in [6, 6.07) is 17.3. The first-order valence-electron chi connectivity index (χ1n) is 7.42. The molecule has 0 atom stereocenters. The van der Waals surface area contributed by atoms with E-state index >= 15 is 0 Å². The van der Waals surface area contributed by atoms with Gasteiger partial charge in [-0.2, -0.15) is 21.0 Å². The molecule has 0 amide bonds. The molecule has 0 aliphatic heterocycles. The van der Waals surface area contributed by atoms with Gasteiger partial charge in [0.05, 0.1) is 22.3 Å². The lowest BCUT2D eigenvalue weighted by Crippen LogP contribution is -2.09. The minimum absolute atomic E-state index is 0.0456. The van der Waals surface area contributed by atoms with Crippen LogP contribution in [-0.2, 0) is 0 Å². The molecule has 0 saturated carbocycles. The minimum Gasteiger partial charge on any atom is -0.377 e. The van der Waals surface area contributed by atoms with Crippen LogP contribution in [0.1, 0.15) is 22.3 Å². The lowest BCUT2D eigenvalue weighted by molar-refractivity contribution is 1.14. The number of hydrogen-bond donors (Lipinski definition) is 0. The average Bonchev–Trinajstić information content (AvgIpc) is 2.64. The summed E-state index contributed by atoms with van der Waals surface area (Å²) in [4.78, 5) is 1.92. The molecule has 5 heteroatoms. The van der Waals surface area contributed by atoms with Gasteiger partial charge in [-0.25, -0.2) is 0 Å². The molecule has 25 heavy (non-hydrogen) atoms. The van der Waals surface area contributed by atoms with Gasteiger partial charge in [-0.15, -0.1) is 0 Å². The second-order valence-corrected chi connectivity index (χ2v) is 5.71. The Morgan fingerprint density at radius 2 is 1.28 bits per heavy atom. The largest absolute Gasteiger partial charge is 0.377 e. The molecule has 0 radical (unpaired) electrons. The normalized spacial score (nSPS) is 9.84. The van der Waals surface area contributed by atoms with Crippen molar-refractivity contribution in [3.8, 4) is 24.3 Å². The maximum Gasteiger partial charge on any atom is 0.102 e. The molecule has 3 rings (SSSR count). The molecular weight excluding hydrogens is 310 g/mol. The molecule has 5 nitrogen and oxygen atoms in total. The third-order valence-corrected chi connectivity index (χ3v) is 4.22. The summed E-state index contributed by atoms with van der Waals surface area (Å²) in [5, 5.41) is 41.0. The van der Waals surface area contributed by atoms with E-state index < -0.39 is 0 Å². The maximum absolute atomic E-state index is 9.71. The van der Waals surface area contributed by atoms with Crippen molar-refractivity contribution in [1.29, 1.82) is 21.0 Å². The van der Waals surface area contributed by atoms with Crippen LogP contribution in [0.15, 0.2) is 30.3 Å². The van der Waals surface area contributed by atoms with Crippen LogP contribution in [0.2, 0.25) is 0 Å². The van der Waals surface area contributed by atoms with E-state index in [0.717, 1.165) is 16.5 Å². The third-order valence-electron chi connectivity index (χ3n) is 4.22. The van der Waals surface area contributed by atoms with Crippen LogP contribution in [0.3, 0.4) is 0 Å². The molecule has 116 valence electrons. The van der Waals surface area contributed by atoms with Crippen molar-refractivity contribution < 1.29 is 0 Å². The number of fused-ring (bicyclic) bond motifs is 3. The van der Waals surface area contributed by atoms with Crippen molar-refractivity contribution >= 4 is 27.2 Å². The van der Waals surface area contributed by atoms with Crippen molar-refractivity contribution in [3.63, 3.8) is 0 Å². The van der Waals surface area contributed by atoms with Gasteiger partial charge in [0.25, 0.3) is 0 Å². The first-order chi connectivity index (χ1) is 12.1. The van der Waals surface area contributed by atoms with E-state index in [2.05, 4.69) is 6.07 Å². The SMILES string of the molecule is CN(C)c1cccc2ccc3c(C#N)c(C#N)c(C#N)c(C#N)c3c12. The second-order valence-electron chi connectivity index (χ2n) is 5.71. The predicted octanol–water partition coefficient (Wildman–Crippen LogP) is 3.55. The molecule has 0 saturated heterocycles. The summed E-state index contributed by atoms with van der Waals surface area (Å²) in [5.74, 6) is 0. The summed E-state index contributed by atoms with van der Waals surface area (Å²) in [7, 11) is 3.78. The number of nitriles is 4. The Hall–Kier alpha value is -4.06. The molecular formula is C20H11N5. The van der Waals surface area contributed by atoms with Gasteiger partial charge >= 0.3 is 0 Å². The van der Waals surface area contributed by atoms with Gasteiger partial charge in [0.1, 0.15) is 24.3 Å². The highest BCUT2D eigenvalue weighted by Gasteiger charge is 2.22. The van der Waals surface area contributed by atoms with Crippen molar-refractivity contribution in [2.75, 3.05) is 19.0 Å². The summed E-state index contributed by atoms with van der Waals surface area (Å²) in [6.07, 6.45) is 0. The zero-order chi connectivity index (χ0) is 18.1. The topological polar surface area (TPSA) is 98.4 Å². The highest BCUT2D eigenvalue weighted by Crippen LogP contribution is 2.38. The van der Waals surface area contributed by atoms with Gasteiger partial charge in [-0.3, -0.25) is 0 Å². The molecule has 0 fully saturated rings. The van der Waals surface area contributed by atoms with Crippen molar-refractivity contribution in [2.24, 2.45) is 0 Å². The van der Waals surface area contributed by atoms with Crippen LogP contribution in [0.4, 0.5) is 5.69 Å². The smallest absolute Gasteiger partial charge is 0.102 e. The fraction of sp³-hybridized carbons (Fsp3) is 0.100. The molecule has 0 spiro atoms. The lowest BCUT2D eigenvalue weighted by Gasteiger charge is -2.18. The second kappa shape index (κ2) is 5.86. The van der Waals surface area contributed by atoms with Gasteiger partial charge in [-0.1, -0.05) is 24.3 Å². The quantitative estimate of drug-likeness (QED) is 0.638. The maximum atomic E-state index is 9.71. The molecule has 0 bridgehead atoms. The van der Waals surface area contributed by atoms with Crippen LogP contribution in [0.25, 0.3) is 21.5 Å². The molecule has 3 aromatic rings. The van der Waals surface area contributed by atoms with Gasteiger partial charge < -0.3 is 4.90 Å². The Morgan fingerprint density at radius 1 is 0.680 bits per heavy atom. The number of nitrogens with zero attached hydrogens (tertiary/aromatic N) is 5. The first-order valence-corrected chi connectivity index (χ1v) is 7.42. The number of rotatable bonds is 1. The van der Waals surface area contributed by atoms with E-state index in [1.807, 2.05) is 61.5 Å². The summed E-state index contributed by atoms with van der Waals surface area (Å²) >= 11 is 0. The number of benzene rings is 3. The fourth-order valence-corrected chi connectivity index (χ4v) is 3.16. The highest BCUT2D eigenvalue weighted by molar-refractivity contribution is 6.18. The monoisotopic (exact) mass is 321 g/mol. The van der Waals surface area contributed by atoms with E-state index in [1.165, 1.54) is 0 Å². The van der Waals surface area contributed by atoms with Gasteiger partial charge in [0.2, 0.25) is 0 Å².